The Kier molecular flexibility index (Phi) is 16.9. The van der Waals surface area contributed by atoms with Gasteiger partial charge in [-0.25, -0.2) is 0 Å². The number of methoxy groups -OCH3 is 1. The maximum atomic E-state index is 7.50. The molecule has 4 nitrogen and oxygen atoms in total. The van der Waals surface area contributed by atoms with Gasteiger partial charge >= 0.3 is 22.6 Å². The standard InChI is InChI=1S/C11H17O2Si.C9H7.2CO.Fe/c1-12-11-7-5-10(6-8-11)9-13-14(2,3)4;1-2-5-9-7-3-6-8(9)4-1;2*1-2;/h5-9H,1-4H3;1-7H;;;/q-1;;;;. The van der Waals surface area contributed by atoms with Gasteiger partial charge in [0.1, 0.15) is 0 Å². The van der Waals surface area contributed by atoms with E-state index in [0.717, 1.165) is 11.3 Å². The summed E-state index contributed by atoms with van der Waals surface area (Å²) in [6.45, 7) is 17.3. The molecule has 0 heterocycles. The summed E-state index contributed by atoms with van der Waals surface area (Å²) in [5, 5.41) is 0. The number of hydrogen-bond donors (Lipinski definition) is 0. The molecule has 3 rings (SSSR count). The smallest absolute Gasteiger partial charge is 0.0124 e. The summed E-state index contributed by atoms with van der Waals surface area (Å²) in [6.07, 6.45) is 14.7. The SMILES string of the molecule is COc1ccc([CH-]O[Si](C)(C)C)cc1.[C-]#[O+].[C-]#[O+].[CH]1[CH][C]2C=CC=C[C]2[CH]1.[Fe]. The molecular weight excluding hydrogens is 412 g/mol. The van der Waals surface area contributed by atoms with Crippen LogP contribution in [0.1, 0.15) is 5.56 Å². The van der Waals surface area contributed by atoms with Gasteiger partial charge in [-0.3, -0.25) is 0 Å². The fourth-order valence-electron chi connectivity index (χ4n) is 2.00. The number of ether oxygens (including phenoxy) is 1. The quantitative estimate of drug-likeness (QED) is 0.384. The molecule has 149 valence electrons. The van der Waals surface area contributed by atoms with Gasteiger partial charge < -0.3 is 9.16 Å². The van der Waals surface area contributed by atoms with Gasteiger partial charge in [0.05, 0.1) is 12.9 Å². The van der Waals surface area contributed by atoms with Crippen LogP contribution < -0.4 is 4.74 Å². The monoisotopic (exact) mass is 436 g/mol. The molecule has 0 aliphatic heterocycles. The third kappa shape index (κ3) is 12.1. The van der Waals surface area contributed by atoms with Gasteiger partial charge in [0.15, 0.2) is 8.32 Å². The van der Waals surface area contributed by atoms with Crippen LogP contribution in [0.2, 0.25) is 19.6 Å². The Labute approximate surface area is 181 Å². The van der Waals surface area contributed by atoms with E-state index in [4.69, 9.17) is 18.5 Å². The van der Waals surface area contributed by atoms with Crippen molar-refractivity contribution < 1.29 is 35.5 Å². The van der Waals surface area contributed by atoms with Crippen molar-refractivity contribution in [1.29, 1.82) is 0 Å². The van der Waals surface area contributed by atoms with E-state index in [1.807, 2.05) is 30.9 Å². The van der Waals surface area contributed by atoms with Crippen molar-refractivity contribution >= 4 is 8.32 Å². The topological polar surface area (TPSA) is 58.3 Å². The average molecular weight is 436 g/mol. The van der Waals surface area contributed by atoms with Gasteiger partial charge in [-0.2, -0.15) is 17.7 Å². The van der Waals surface area contributed by atoms with Crippen LogP contribution in [0.15, 0.2) is 48.6 Å². The van der Waals surface area contributed by atoms with Gasteiger partial charge in [0.2, 0.25) is 0 Å². The van der Waals surface area contributed by atoms with Crippen molar-refractivity contribution in [2.24, 2.45) is 0 Å². The van der Waals surface area contributed by atoms with E-state index in [1.54, 1.807) is 7.11 Å². The Morgan fingerprint density at radius 2 is 1.32 bits per heavy atom. The summed E-state index contributed by atoms with van der Waals surface area (Å²) < 4.78 is 25.7. The van der Waals surface area contributed by atoms with Gasteiger partial charge in [0.25, 0.3) is 0 Å². The van der Waals surface area contributed by atoms with Crippen LogP contribution in [0, 0.1) is 51.0 Å². The molecular formula is C22H24FeO4Si-. The first-order valence-corrected chi connectivity index (χ1v) is 11.6. The summed E-state index contributed by atoms with van der Waals surface area (Å²) in [4.78, 5) is 0. The van der Waals surface area contributed by atoms with E-state index < -0.39 is 8.32 Å². The van der Waals surface area contributed by atoms with E-state index in [1.165, 1.54) is 11.8 Å². The minimum absolute atomic E-state index is 0. The van der Waals surface area contributed by atoms with Crippen molar-refractivity contribution in [3.8, 4) is 5.75 Å². The molecule has 1 fully saturated rings. The Bertz CT molecular complexity index is 591. The van der Waals surface area contributed by atoms with Crippen LogP contribution in [0.5, 0.6) is 5.75 Å². The summed E-state index contributed by atoms with van der Waals surface area (Å²) >= 11 is 0. The van der Waals surface area contributed by atoms with Gasteiger partial charge in [-0.05, 0) is 38.9 Å². The van der Waals surface area contributed by atoms with Crippen molar-refractivity contribution in [3.63, 3.8) is 0 Å². The van der Waals surface area contributed by atoms with Crippen LogP contribution in [0.3, 0.4) is 0 Å². The zero-order valence-corrected chi connectivity index (χ0v) is 18.5. The molecule has 6 heteroatoms. The molecule has 1 aromatic carbocycles. The van der Waals surface area contributed by atoms with E-state index >= 15 is 0 Å². The normalized spacial score (nSPS) is 14.4. The molecule has 0 aromatic heterocycles. The Morgan fingerprint density at radius 1 is 0.857 bits per heavy atom. The number of hydrogen-bond acceptors (Lipinski definition) is 2. The number of benzene rings is 1. The second kappa shape index (κ2) is 16.5. The maximum absolute atomic E-state index is 7.50. The molecule has 2 aliphatic rings. The fraction of sp³-hybridized carbons (Fsp3) is 0.182. The second-order valence-corrected chi connectivity index (χ2v) is 10.7. The summed E-state index contributed by atoms with van der Waals surface area (Å²) in [6, 6.07) is 7.83. The zero-order chi connectivity index (χ0) is 20.7. The summed E-state index contributed by atoms with van der Waals surface area (Å²) in [5.41, 5.74) is 1.08. The predicted octanol–water partition coefficient (Wildman–Crippen LogP) is 4.87. The Morgan fingerprint density at radius 3 is 1.71 bits per heavy atom. The number of fused-ring (bicyclic) bond motifs is 1. The molecule has 0 unspecified atom stereocenters. The maximum Gasteiger partial charge on any atom is 0.0124 e. The van der Waals surface area contributed by atoms with E-state index in [0.29, 0.717) is 0 Å². The van der Waals surface area contributed by atoms with Crippen molar-refractivity contribution in [2.45, 2.75) is 19.6 Å². The molecule has 5 radical (unpaired) electrons. The molecule has 0 amide bonds. The van der Waals surface area contributed by atoms with E-state index in [9.17, 15) is 0 Å². The molecule has 0 N–H and O–H groups in total. The van der Waals surface area contributed by atoms with Gasteiger partial charge in [-0.1, -0.05) is 43.0 Å². The predicted molar refractivity (Wildman–Crippen MR) is 106 cm³/mol. The van der Waals surface area contributed by atoms with Gasteiger partial charge in [0, 0.05) is 28.9 Å². The third-order valence-electron chi connectivity index (χ3n) is 3.21. The van der Waals surface area contributed by atoms with Crippen molar-refractivity contribution in [3.05, 3.63) is 105 Å². The largest absolute Gasteiger partial charge is 0.0762 e. The molecule has 0 spiro atoms. The first kappa shape index (κ1) is 28.8. The first-order valence-electron chi connectivity index (χ1n) is 8.14. The van der Waals surface area contributed by atoms with E-state index in [2.05, 4.69) is 76.5 Å². The summed E-state index contributed by atoms with van der Waals surface area (Å²) in [5.74, 6) is 3.53. The number of rotatable bonds is 4. The second-order valence-electron chi connectivity index (χ2n) is 6.28. The van der Waals surface area contributed by atoms with Crippen molar-refractivity contribution in [2.75, 3.05) is 7.11 Å². The van der Waals surface area contributed by atoms with Crippen molar-refractivity contribution in [1.82, 2.24) is 0 Å². The summed E-state index contributed by atoms with van der Waals surface area (Å²) in [7, 11) is 0.215. The zero-order valence-electron chi connectivity index (χ0n) is 16.4. The van der Waals surface area contributed by atoms with Crippen LogP contribution in [0.4, 0.5) is 0 Å². The molecule has 1 saturated carbocycles. The molecule has 2 aliphatic carbocycles. The van der Waals surface area contributed by atoms with Crippen LogP contribution in [0.25, 0.3) is 0 Å². The Balaban J connectivity index is 0. The first-order chi connectivity index (χ1) is 13.0. The minimum Gasteiger partial charge on any atom is -0.0762 e. The molecule has 28 heavy (non-hydrogen) atoms. The Hall–Kier alpha value is -1.45. The average Bonchev–Trinajstić information content (AvgIpc) is 3.19. The van der Waals surface area contributed by atoms with Crippen LogP contribution in [-0.4, -0.2) is 15.4 Å². The third-order valence-corrected chi connectivity index (χ3v) is 4.04. The van der Waals surface area contributed by atoms with Gasteiger partial charge in [-0.15, -0.1) is 0 Å². The fourth-order valence-corrected chi connectivity index (χ4v) is 2.49. The van der Waals surface area contributed by atoms with E-state index in [-0.39, 0.29) is 17.1 Å². The van der Waals surface area contributed by atoms with Crippen LogP contribution in [-0.2, 0) is 30.8 Å². The number of allylic oxidation sites excluding steroid dienone is 4. The molecule has 1 aromatic rings. The molecule has 0 saturated heterocycles. The molecule has 0 atom stereocenters. The van der Waals surface area contributed by atoms with Crippen LogP contribution >= 0.6 is 0 Å². The molecule has 0 bridgehead atoms. The minimum atomic E-state index is -1.45.